The van der Waals surface area contributed by atoms with E-state index in [1.54, 1.807) is 0 Å². The van der Waals surface area contributed by atoms with Gasteiger partial charge in [-0.1, -0.05) is 20.4 Å². The zero-order valence-corrected chi connectivity index (χ0v) is 9.47. The Balaban J connectivity index is 4.09. The molecule has 0 saturated carbocycles. The van der Waals surface area contributed by atoms with E-state index in [0.29, 0.717) is 0 Å². The summed E-state index contributed by atoms with van der Waals surface area (Å²) < 4.78 is 0. The SMILES string of the molecule is C=CC(=O)NC(C)CC(N)(CC)CC. The van der Waals surface area contributed by atoms with Gasteiger partial charge < -0.3 is 11.1 Å². The quantitative estimate of drug-likeness (QED) is 0.637. The number of carbonyl (C=O) groups is 1. The monoisotopic (exact) mass is 198 g/mol. The molecule has 82 valence electrons. The van der Waals surface area contributed by atoms with Crippen molar-refractivity contribution in [3.63, 3.8) is 0 Å². The highest BCUT2D eigenvalue weighted by Crippen LogP contribution is 2.17. The topological polar surface area (TPSA) is 55.1 Å². The minimum Gasteiger partial charge on any atom is -0.350 e. The van der Waals surface area contributed by atoms with E-state index < -0.39 is 0 Å². The summed E-state index contributed by atoms with van der Waals surface area (Å²) in [4.78, 5) is 11.0. The molecule has 14 heavy (non-hydrogen) atoms. The van der Waals surface area contributed by atoms with Crippen molar-refractivity contribution in [2.45, 2.75) is 51.6 Å². The molecular weight excluding hydrogens is 176 g/mol. The molecule has 0 radical (unpaired) electrons. The molecule has 0 fully saturated rings. The van der Waals surface area contributed by atoms with Crippen LogP contribution < -0.4 is 11.1 Å². The van der Waals surface area contributed by atoms with E-state index >= 15 is 0 Å². The number of carbonyl (C=O) groups excluding carboxylic acids is 1. The molecular formula is C11H22N2O. The average molecular weight is 198 g/mol. The van der Waals surface area contributed by atoms with Crippen molar-refractivity contribution in [3.05, 3.63) is 12.7 Å². The van der Waals surface area contributed by atoms with Gasteiger partial charge in [-0.25, -0.2) is 0 Å². The molecule has 3 N–H and O–H groups in total. The van der Waals surface area contributed by atoms with Crippen LogP contribution in [0.5, 0.6) is 0 Å². The predicted octanol–water partition coefficient (Wildman–Crippen LogP) is 1.58. The Bertz CT molecular complexity index is 197. The summed E-state index contributed by atoms with van der Waals surface area (Å²) in [5.74, 6) is -0.132. The van der Waals surface area contributed by atoms with Crippen LogP contribution in [0.2, 0.25) is 0 Å². The van der Waals surface area contributed by atoms with Crippen molar-refractivity contribution in [3.8, 4) is 0 Å². The minimum absolute atomic E-state index is 0.102. The average Bonchev–Trinajstić information content (AvgIpc) is 2.17. The highest BCUT2D eigenvalue weighted by molar-refractivity contribution is 5.87. The first-order valence-electron chi connectivity index (χ1n) is 5.19. The fourth-order valence-electron chi connectivity index (χ4n) is 1.50. The molecule has 0 aliphatic carbocycles. The molecule has 1 atom stereocenters. The first-order chi connectivity index (χ1) is 6.47. The lowest BCUT2D eigenvalue weighted by Gasteiger charge is -2.30. The van der Waals surface area contributed by atoms with Gasteiger partial charge in [-0.15, -0.1) is 0 Å². The number of nitrogens with one attached hydrogen (secondary N) is 1. The maximum absolute atomic E-state index is 11.0. The molecule has 0 spiro atoms. The van der Waals surface area contributed by atoms with E-state index in [9.17, 15) is 4.79 Å². The van der Waals surface area contributed by atoms with Gasteiger partial charge in [0.15, 0.2) is 0 Å². The summed E-state index contributed by atoms with van der Waals surface area (Å²) in [5.41, 5.74) is 5.98. The summed E-state index contributed by atoms with van der Waals surface area (Å²) in [5, 5.41) is 2.82. The molecule has 1 unspecified atom stereocenters. The highest BCUT2D eigenvalue weighted by atomic mass is 16.1. The van der Waals surface area contributed by atoms with Crippen LogP contribution in [0.3, 0.4) is 0 Å². The van der Waals surface area contributed by atoms with E-state index in [1.165, 1.54) is 6.08 Å². The van der Waals surface area contributed by atoms with Gasteiger partial charge in [-0.3, -0.25) is 4.79 Å². The Kier molecular flexibility index (Phi) is 5.46. The largest absolute Gasteiger partial charge is 0.350 e. The molecule has 0 rings (SSSR count). The normalized spacial score (nSPS) is 13.4. The molecule has 0 aliphatic rings. The summed E-state index contributed by atoms with van der Waals surface area (Å²) in [7, 11) is 0. The molecule has 0 aromatic carbocycles. The van der Waals surface area contributed by atoms with Crippen molar-refractivity contribution >= 4 is 5.91 Å². The Morgan fingerprint density at radius 1 is 1.57 bits per heavy atom. The number of nitrogens with two attached hydrogens (primary N) is 1. The molecule has 0 aliphatic heterocycles. The van der Waals surface area contributed by atoms with Gasteiger partial charge >= 0.3 is 0 Å². The standard InChI is InChI=1S/C11H22N2O/c1-5-10(14)13-9(4)8-11(12,6-2)7-3/h5,9H,1,6-8,12H2,2-4H3,(H,13,14). The Hall–Kier alpha value is -0.830. The summed E-state index contributed by atoms with van der Waals surface area (Å²) in [6.07, 6.45) is 3.95. The lowest BCUT2D eigenvalue weighted by Crippen LogP contribution is -2.45. The van der Waals surface area contributed by atoms with Crippen LogP contribution in [-0.2, 0) is 4.79 Å². The molecule has 1 amide bonds. The molecule has 0 heterocycles. The Morgan fingerprint density at radius 3 is 2.43 bits per heavy atom. The lowest BCUT2D eigenvalue weighted by molar-refractivity contribution is -0.117. The second-order valence-corrected chi connectivity index (χ2v) is 3.89. The number of rotatable bonds is 6. The third-order valence-corrected chi connectivity index (χ3v) is 2.70. The zero-order chi connectivity index (χ0) is 11.2. The van der Waals surface area contributed by atoms with Crippen LogP contribution in [0.4, 0.5) is 0 Å². The fourth-order valence-corrected chi connectivity index (χ4v) is 1.50. The van der Waals surface area contributed by atoms with Gasteiger partial charge in [-0.2, -0.15) is 0 Å². The van der Waals surface area contributed by atoms with E-state index in [-0.39, 0.29) is 17.5 Å². The fraction of sp³-hybridized carbons (Fsp3) is 0.727. The second-order valence-electron chi connectivity index (χ2n) is 3.89. The van der Waals surface area contributed by atoms with Crippen LogP contribution >= 0.6 is 0 Å². The molecule has 0 aromatic heterocycles. The lowest BCUT2D eigenvalue weighted by atomic mass is 9.87. The first-order valence-corrected chi connectivity index (χ1v) is 5.19. The van der Waals surface area contributed by atoms with Crippen molar-refractivity contribution in [1.29, 1.82) is 0 Å². The van der Waals surface area contributed by atoms with Crippen LogP contribution in [0.15, 0.2) is 12.7 Å². The third kappa shape index (κ3) is 4.42. The smallest absolute Gasteiger partial charge is 0.243 e. The maximum atomic E-state index is 11.0. The van der Waals surface area contributed by atoms with Crippen molar-refractivity contribution < 1.29 is 4.79 Å². The maximum Gasteiger partial charge on any atom is 0.243 e. The number of hydrogen-bond acceptors (Lipinski definition) is 2. The summed E-state index contributed by atoms with van der Waals surface area (Å²) in [6.45, 7) is 9.52. The van der Waals surface area contributed by atoms with Crippen molar-refractivity contribution in [1.82, 2.24) is 5.32 Å². The summed E-state index contributed by atoms with van der Waals surface area (Å²) in [6, 6.07) is 0.102. The van der Waals surface area contributed by atoms with Gasteiger partial charge in [0.25, 0.3) is 0 Å². The van der Waals surface area contributed by atoms with E-state index in [0.717, 1.165) is 19.3 Å². The minimum atomic E-state index is -0.159. The van der Waals surface area contributed by atoms with Crippen molar-refractivity contribution in [2.75, 3.05) is 0 Å². The number of amides is 1. The predicted molar refractivity (Wildman–Crippen MR) is 59.9 cm³/mol. The first kappa shape index (κ1) is 13.2. The van der Waals surface area contributed by atoms with Gasteiger partial charge in [-0.05, 0) is 32.3 Å². The number of hydrogen-bond donors (Lipinski definition) is 2. The molecule has 3 nitrogen and oxygen atoms in total. The Labute approximate surface area is 86.8 Å². The van der Waals surface area contributed by atoms with Crippen LogP contribution in [0.1, 0.15) is 40.0 Å². The van der Waals surface area contributed by atoms with Gasteiger partial charge in [0, 0.05) is 11.6 Å². The van der Waals surface area contributed by atoms with Gasteiger partial charge in [0.05, 0.1) is 0 Å². The summed E-state index contributed by atoms with van der Waals surface area (Å²) >= 11 is 0. The van der Waals surface area contributed by atoms with Crippen LogP contribution in [0, 0.1) is 0 Å². The Morgan fingerprint density at radius 2 is 2.07 bits per heavy atom. The van der Waals surface area contributed by atoms with E-state index in [1.807, 2.05) is 6.92 Å². The molecule has 3 heteroatoms. The third-order valence-electron chi connectivity index (χ3n) is 2.70. The van der Waals surface area contributed by atoms with Gasteiger partial charge in [0.2, 0.25) is 5.91 Å². The van der Waals surface area contributed by atoms with E-state index in [2.05, 4.69) is 25.7 Å². The second kappa shape index (κ2) is 5.81. The highest BCUT2D eigenvalue weighted by Gasteiger charge is 2.23. The van der Waals surface area contributed by atoms with Crippen molar-refractivity contribution in [2.24, 2.45) is 5.73 Å². The molecule has 0 bridgehead atoms. The zero-order valence-electron chi connectivity index (χ0n) is 9.47. The van der Waals surface area contributed by atoms with E-state index in [4.69, 9.17) is 5.73 Å². The van der Waals surface area contributed by atoms with Crippen LogP contribution in [0.25, 0.3) is 0 Å². The van der Waals surface area contributed by atoms with Gasteiger partial charge in [0.1, 0.15) is 0 Å². The van der Waals surface area contributed by atoms with Crippen LogP contribution in [-0.4, -0.2) is 17.5 Å². The molecule has 0 aromatic rings. The molecule has 0 saturated heterocycles.